The molecule has 0 aliphatic rings. The average molecular weight is 551 g/mol. The number of nitrogens with zero attached hydrogens (tertiary/aromatic N) is 1. The fourth-order valence-corrected chi connectivity index (χ4v) is 1.87. The molecule has 2 atom stereocenters. The molecule has 204 valence electrons. The first-order valence-corrected chi connectivity index (χ1v) is 8.00. The second kappa shape index (κ2) is 9.01. The molecule has 1 amide bonds. The zero-order valence-electron chi connectivity index (χ0n) is 16.0. The molecule has 0 bridgehead atoms. The third-order valence-corrected chi connectivity index (χ3v) is 3.69. The van der Waals surface area contributed by atoms with E-state index in [-0.39, 0.29) is 4.90 Å². The van der Waals surface area contributed by atoms with Crippen molar-refractivity contribution in [2.45, 2.75) is 62.2 Å². The number of ether oxygens (including phenoxy) is 2. The molecule has 0 spiro atoms. The van der Waals surface area contributed by atoms with Crippen molar-refractivity contribution in [3.8, 4) is 0 Å². The van der Waals surface area contributed by atoms with Gasteiger partial charge in [0.25, 0.3) is 5.91 Å². The minimum Gasteiger partial charge on any atom is -0.338 e. The first kappa shape index (κ1) is 32.2. The summed E-state index contributed by atoms with van der Waals surface area (Å²) in [5.74, 6) is -25.8. The lowest BCUT2D eigenvalue weighted by atomic mass is 10.2. The van der Waals surface area contributed by atoms with Crippen LogP contribution in [0.4, 0.5) is 74.6 Å². The summed E-state index contributed by atoms with van der Waals surface area (Å²) in [7, 11) is 0. The Morgan fingerprint density at radius 1 is 0.588 bits per heavy atom. The van der Waals surface area contributed by atoms with Gasteiger partial charge in [-0.25, -0.2) is 0 Å². The Kier molecular flexibility index (Phi) is 8.53. The van der Waals surface area contributed by atoms with Gasteiger partial charge in [-0.2, -0.15) is 74.6 Å². The van der Waals surface area contributed by atoms with Gasteiger partial charge in [0.15, 0.2) is 0 Å². The minimum atomic E-state index is -8.01. The summed E-state index contributed by atoms with van der Waals surface area (Å²) in [6.45, 7) is -0.459. The quantitative estimate of drug-likeness (QED) is 0.344. The zero-order chi connectivity index (χ0) is 28.0. The molecule has 0 fully saturated rings. The molecule has 0 N–H and O–H groups in total. The summed E-state index contributed by atoms with van der Waals surface area (Å²) >= 11 is 0. The Hall–Kier alpha value is -1.80. The molecule has 4 nitrogen and oxygen atoms in total. The van der Waals surface area contributed by atoms with Crippen LogP contribution in [0.1, 0.15) is 13.8 Å². The number of carbonyl (C=O) groups is 1. The van der Waals surface area contributed by atoms with Crippen LogP contribution >= 0.6 is 0 Å². The average Bonchev–Trinajstić information content (AvgIpc) is 2.58. The number of alkyl halides is 17. The zero-order valence-corrected chi connectivity index (χ0v) is 16.0. The molecule has 0 unspecified atom stereocenters. The highest BCUT2D eigenvalue weighted by molar-refractivity contribution is 5.84. The summed E-state index contributed by atoms with van der Waals surface area (Å²) in [6.07, 6.45) is -38.3. The lowest BCUT2D eigenvalue weighted by Crippen LogP contribution is -2.69. The Bertz CT molecular complexity index is 726. The molecule has 34 heavy (non-hydrogen) atoms. The van der Waals surface area contributed by atoms with Gasteiger partial charge in [-0.05, 0) is 13.8 Å². The lowest BCUT2D eigenvalue weighted by molar-refractivity contribution is -0.548. The predicted octanol–water partition coefficient (Wildman–Crippen LogP) is 5.73. The molecule has 0 aromatic heterocycles. The molecular formula is C13H10F17NO3. The third kappa shape index (κ3) is 5.38. The van der Waals surface area contributed by atoms with E-state index in [4.69, 9.17) is 0 Å². The molecule has 0 saturated heterocycles. The van der Waals surface area contributed by atoms with E-state index in [1.54, 1.807) is 0 Å². The first-order chi connectivity index (χ1) is 14.6. The van der Waals surface area contributed by atoms with Crippen LogP contribution in [0.15, 0.2) is 0 Å². The Balaban J connectivity index is 6.85. The van der Waals surface area contributed by atoms with Crippen LogP contribution in [-0.4, -0.2) is 72.3 Å². The maximum absolute atomic E-state index is 14.3. The number of hydrogen-bond acceptors (Lipinski definition) is 3. The van der Waals surface area contributed by atoms with Gasteiger partial charge in [-0.15, -0.1) is 0 Å². The van der Waals surface area contributed by atoms with Crippen LogP contribution in [0.2, 0.25) is 0 Å². The van der Waals surface area contributed by atoms with Gasteiger partial charge in [0.05, 0.1) is 0 Å². The summed E-state index contributed by atoms with van der Waals surface area (Å²) in [4.78, 5) is 11.2. The fourth-order valence-electron chi connectivity index (χ4n) is 1.87. The van der Waals surface area contributed by atoms with Crippen molar-refractivity contribution in [3.05, 3.63) is 0 Å². The van der Waals surface area contributed by atoms with E-state index >= 15 is 0 Å². The van der Waals surface area contributed by atoms with Crippen LogP contribution in [0.25, 0.3) is 0 Å². The van der Waals surface area contributed by atoms with Crippen molar-refractivity contribution in [3.63, 3.8) is 0 Å². The van der Waals surface area contributed by atoms with Crippen LogP contribution in [0, 0.1) is 0 Å². The molecule has 21 heteroatoms. The standard InChI is InChI=1S/C13H10F17NO3/c1-3-31(4-2)5(32)6(14,9(18,19)20)33-13(29,30)8(17,11(24,25)26)34-12(27,28)7(15,16)10(21,22)23/h3-4H2,1-2H3/t6-,8-/m1/s1. The highest BCUT2D eigenvalue weighted by Gasteiger charge is 2.85. The van der Waals surface area contributed by atoms with E-state index < -0.39 is 67.4 Å². The van der Waals surface area contributed by atoms with E-state index in [1.165, 1.54) is 4.74 Å². The van der Waals surface area contributed by atoms with Gasteiger partial charge in [0, 0.05) is 13.1 Å². The second-order valence-corrected chi connectivity index (χ2v) is 5.97. The molecule has 0 rings (SSSR count). The third-order valence-electron chi connectivity index (χ3n) is 3.69. The van der Waals surface area contributed by atoms with Gasteiger partial charge >= 0.3 is 48.4 Å². The molecular weight excluding hydrogens is 541 g/mol. The monoisotopic (exact) mass is 551 g/mol. The SMILES string of the molecule is CCN(CC)C(=O)[C@@](F)(OC(F)(F)[C@](F)(OC(F)(F)C(F)(F)C(F)(F)F)C(F)(F)F)C(F)(F)F. The molecule has 0 saturated carbocycles. The molecule has 0 radical (unpaired) electrons. The highest BCUT2D eigenvalue weighted by Crippen LogP contribution is 2.56. The van der Waals surface area contributed by atoms with E-state index in [9.17, 15) is 79.4 Å². The van der Waals surface area contributed by atoms with Gasteiger partial charge < -0.3 is 4.90 Å². The Labute approximate surface area is 176 Å². The van der Waals surface area contributed by atoms with Crippen molar-refractivity contribution < 1.29 is 88.9 Å². The Morgan fingerprint density at radius 3 is 1.24 bits per heavy atom. The fraction of sp³-hybridized carbons (Fsp3) is 0.923. The van der Waals surface area contributed by atoms with Crippen molar-refractivity contribution in [1.82, 2.24) is 4.90 Å². The molecule has 0 aliphatic heterocycles. The first-order valence-electron chi connectivity index (χ1n) is 8.00. The molecule has 0 heterocycles. The number of halogens is 17. The predicted molar refractivity (Wildman–Crippen MR) is 70.8 cm³/mol. The minimum absolute atomic E-state index is 0.371. The van der Waals surface area contributed by atoms with Gasteiger partial charge in [-0.1, -0.05) is 0 Å². The largest absolute Gasteiger partial charge is 0.462 e. The number of rotatable bonds is 9. The molecule has 0 aromatic carbocycles. The summed E-state index contributed by atoms with van der Waals surface area (Å²) in [5, 5.41) is 0. The highest BCUT2D eigenvalue weighted by atomic mass is 19.4. The normalized spacial score (nSPS) is 18.3. The lowest BCUT2D eigenvalue weighted by Gasteiger charge is -2.40. The molecule has 0 aromatic rings. The van der Waals surface area contributed by atoms with Crippen LogP contribution in [-0.2, 0) is 14.3 Å². The van der Waals surface area contributed by atoms with Crippen LogP contribution in [0.5, 0.6) is 0 Å². The van der Waals surface area contributed by atoms with Crippen LogP contribution < -0.4 is 0 Å². The number of amides is 1. The van der Waals surface area contributed by atoms with Gasteiger partial charge in [0.2, 0.25) is 0 Å². The Morgan fingerprint density at radius 2 is 0.971 bits per heavy atom. The van der Waals surface area contributed by atoms with E-state index in [0.29, 0.717) is 0 Å². The maximum atomic E-state index is 14.3. The van der Waals surface area contributed by atoms with Crippen molar-refractivity contribution >= 4 is 5.91 Å². The van der Waals surface area contributed by atoms with Crippen LogP contribution in [0.3, 0.4) is 0 Å². The van der Waals surface area contributed by atoms with Crippen molar-refractivity contribution in [2.24, 2.45) is 0 Å². The van der Waals surface area contributed by atoms with E-state index in [2.05, 4.69) is 0 Å². The summed E-state index contributed by atoms with van der Waals surface area (Å²) in [6, 6.07) is 0. The topological polar surface area (TPSA) is 38.8 Å². The smallest absolute Gasteiger partial charge is 0.338 e. The van der Waals surface area contributed by atoms with Crippen molar-refractivity contribution in [1.29, 1.82) is 0 Å². The maximum Gasteiger partial charge on any atom is 0.462 e. The van der Waals surface area contributed by atoms with Gasteiger partial charge in [0.1, 0.15) is 0 Å². The second-order valence-electron chi connectivity index (χ2n) is 5.97. The molecule has 0 aliphatic carbocycles. The number of likely N-dealkylation sites (N-methyl/N-ethyl adjacent to an activating group) is 1. The number of carbonyl (C=O) groups excluding carboxylic acids is 1. The van der Waals surface area contributed by atoms with Gasteiger partial charge in [-0.3, -0.25) is 14.3 Å². The summed E-state index contributed by atoms with van der Waals surface area (Å²) in [5.41, 5.74) is 0. The van der Waals surface area contributed by atoms with E-state index in [0.717, 1.165) is 13.8 Å². The van der Waals surface area contributed by atoms with Crippen molar-refractivity contribution in [2.75, 3.05) is 13.1 Å². The number of hydrogen-bond donors (Lipinski definition) is 0. The summed E-state index contributed by atoms with van der Waals surface area (Å²) < 4.78 is 224. The van der Waals surface area contributed by atoms with E-state index in [1.807, 2.05) is 4.74 Å².